The minimum atomic E-state index is -0.276. The molecule has 0 saturated heterocycles. The average Bonchev–Trinajstić information content (AvgIpc) is 2.28. The van der Waals surface area contributed by atoms with Crippen molar-refractivity contribution >= 4 is 18.4 Å². The van der Waals surface area contributed by atoms with Gasteiger partial charge in [0, 0.05) is 13.0 Å². The predicted octanol–water partition coefficient (Wildman–Crippen LogP) is 3.83. The molecule has 0 aromatic heterocycles. The molecule has 0 heterocycles. The predicted molar refractivity (Wildman–Crippen MR) is 81.0 cm³/mol. The summed E-state index contributed by atoms with van der Waals surface area (Å²) in [4.78, 5) is 13.2. The first-order valence-corrected chi connectivity index (χ1v) is 6.49. The fourth-order valence-electron chi connectivity index (χ4n) is 2.07. The Balaban J connectivity index is 0.00000324. The van der Waals surface area contributed by atoms with E-state index in [9.17, 15) is 4.79 Å². The van der Waals surface area contributed by atoms with Crippen molar-refractivity contribution in [1.29, 1.82) is 0 Å². The van der Waals surface area contributed by atoms with E-state index in [2.05, 4.69) is 32.0 Å². The van der Waals surface area contributed by atoms with Gasteiger partial charge in [0.1, 0.15) is 5.75 Å². The molecule has 0 radical (unpaired) electrons. The molecule has 4 heteroatoms. The number of nitrogens with zero attached hydrogens (tertiary/aromatic N) is 1. The first kappa shape index (κ1) is 17.9. The van der Waals surface area contributed by atoms with Crippen LogP contribution in [0.15, 0.2) is 24.3 Å². The zero-order valence-electron chi connectivity index (χ0n) is 12.2. The Bertz CT molecular complexity index is 393. The van der Waals surface area contributed by atoms with Gasteiger partial charge < -0.3 is 9.64 Å². The second kappa shape index (κ2) is 8.94. The van der Waals surface area contributed by atoms with Crippen LogP contribution in [0.2, 0.25) is 0 Å². The van der Waals surface area contributed by atoms with Gasteiger partial charge in [0.25, 0.3) is 0 Å². The van der Waals surface area contributed by atoms with E-state index in [0.717, 1.165) is 6.42 Å². The van der Waals surface area contributed by atoms with Gasteiger partial charge in [-0.05, 0) is 38.2 Å². The molecular formula is C15H24ClNO2. The van der Waals surface area contributed by atoms with Gasteiger partial charge in [-0.15, -0.1) is 12.4 Å². The van der Waals surface area contributed by atoms with E-state index in [0.29, 0.717) is 11.8 Å². The Morgan fingerprint density at radius 2 is 2.05 bits per heavy atom. The van der Waals surface area contributed by atoms with E-state index in [1.54, 1.807) is 0 Å². The van der Waals surface area contributed by atoms with E-state index < -0.39 is 0 Å². The Morgan fingerprint density at radius 3 is 2.58 bits per heavy atom. The molecule has 1 aromatic carbocycles. The molecule has 0 aliphatic rings. The Hall–Kier alpha value is -1.06. The molecule has 3 nitrogen and oxygen atoms in total. The maximum Gasteiger partial charge on any atom is 0.308 e. The first-order chi connectivity index (χ1) is 8.54. The molecule has 1 rings (SSSR count). The lowest BCUT2D eigenvalue weighted by Gasteiger charge is -2.25. The summed E-state index contributed by atoms with van der Waals surface area (Å²) in [7, 11) is 4.16. The Morgan fingerprint density at radius 1 is 1.37 bits per heavy atom. The molecule has 0 N–H and O–H groups in total. The lowest BCUT2D eigenvalue weighted by atomic mass is 10.00. The standard InChI is InChI=1S/C15H23NO2.ClH/c1-5-6-10-15(16(3)4)13-8-7-9-14(11-13)18-12(2)17;/h7-9,11,15H,5-6,10H2,1-4H3;1H. The van der Waals surface area contributed by atoms with Crippen LogP contribution in [0.25, 0.3) is 0 Å². The van der Waals surface area contributed by atoms with Crippen molar-refractivity contribution in [2.45, 2.75) is 39.2 Å². The molecular weight excluding hydrogens is 262 g/mol. The third kappa shape index (κ3) is 6.08. The zero-order chi connectivity index (χ0) is 13.5. The van der Waals surface area contributed by atoms with E-state index in [1.165, 1.54) is 25.3 Å². The molecule has 1 aromatic rings. The number of carbonyl (C=O) groups excluding carboxylic acids is 1. The number of hydrogen-bond donors (Lipinski definition) is 0. The van der Waals surface area contributed by atoms with Crippen LogP contribution in [0, 0.1) is 0 Å². The Labute approximate surface area is 122 Å². The number of carbonyl (C=O) groups is 1. The van der Waals surface area contributed by atoms with Gasteiger partial charge in [0.15, 0.2) is 0 Å². The normalized spacial score (nSPS) is 11.8. The zero-order valence-corrected chi connectivity index (χ0v) is 13.0. The number of unbranched alkanes of at least 4 members (excludes halogenated alkanes) is 1. The van der Waals surface area contributed by atoms with Gasteiger partial charge in [0.2, 0.25) is 0 Å². The van der Waals surface area contributed by atoms with Crippen molar-refractivity contribution in [3.8, 4) is 5.75 Å². The molecule has 1 unspecified atom stereocenters. The van der Waals surface area contributed by atoms with Gasteiger partial charge in [-0.25, -0.2) is 0 Å². The summed E-state index contributed by atoms with van der Waals surface area (Å²) in [5.41, 5.74) is 1.20. The number of ether oxygens (including phenoxy) is 1. The molecule has 1 atom stereocenters. The van der Waals surface area contributed by atoms with Crippen LogP contribution in [0.5, 0.6) is 5.75 Å². The highest BCUT2D eigenvalue weighted by atomic mass is 35.5. The lowest BCUT2D eigenvalue weighted by molar-refractivity contribution is -0.131. The number of halogens is 1. The summed E-state index contributed by atoms with van der Waals surface area (Å²) in [5.74, 6) is 0.352. The summed E-state index contributed by atoms with van der Waals surface area (Å²) < 4.78 is 5.13. The lowest BCUT2D eigenvalue weighted by Crippen LogP contribution is -2.20. The van der Waals surface area contributed by atoms with Crippen molar-refractivity contribution in [2.24, 2.45) is 0 Å². The van der Waals surface area contributed by atoms with Gasteiger partial charge in [-0.2, -0.15) is 0 Å². The van der Waals surface area contributed by atoms with Crippen LogP contribution in [0.3, 0.4) is 0 Å². The highest BCUT2D eigenvalue weighted by Gasteiger charge is 2.14. The molecule has 0 fully saturated rings. The summed E-state index contributed by atoms with van der Waals surface area (Å²) in [6.45, 7) is 3.62. The van der Waals surface area contributed by atoms with Crippen molar-refractivity contribution in [3.63, 3.8) is 0 Å². The van der Waals surface area contributed by atoms with Crippen molar-refractivity contribution in [3.05, 3.63) is 29.8 Å². The monoisotopic (exact) mass is 285 g/mol. The number of benzene rings is 1. The topological polar surface area (TPSA) is 29.5 Å². The third-order valence-corrected chi connectivity index (χ3v) is 2.96. The molecule has 0 spiro atoms. The van der Waals surface area contributed by atoms with E-state index in [1.807, 2.05) is 18.2 Å². The second-order valence-electron chi connectivity index (χ2n) is 4.79. The molecule has 0 amide bonds. The molecule has 0 aliphatic heterocycles. The largest absolute Gasteiger partial charge is 0.427 e. The number of rotatable bonds is 6. The molecule has 0 aliphatic carbocycles. The van der Waals surface area contributed by atoms with Gasteiger partial charge >= 0.3 is 5.97 Å². The quantitative estimate of drug-likeness (QED) is 0.588. The summed E-state index contributed by atoms with van der Waals surface area (Å²) in [6, 6.07) is 8.18. The highest BCUT2D eigenvalue weighted by Crippen LogP contribution is 2.27. The van der Waals surface area contributed by atoms with Crippen LogP contribution in [0.1, 0.15) is 44.7 Å². The number of esters is 1. The minimum absolute atomic E-state index is 0. The summed E-state index contributed by atoms with van der Waals surface area (Å²) in [5, 5.41) is 0. The van der Waals surface area contributed by atoms with Crippen molar-refractivity contribution < 1.29 is 9.53 Å². The van der Waals surface area contributed by atoms with E-state index >= 15 is 0 Å². The smallest absolute Gasteiger partial charge is 0.308 e. The van der Waals surface area contributed by atoms with Gasteiger partial charge in [-0.3, -0.25) is 4.79 Å². The Kier molecular flexibility index (Phi) is 8.44. The van der Waals surface area contributed by atoms with E-state index in [4.69, 9.17) is 4.74 Å². The van der Waals surface area contributed by atoms with Crippen LogP contribution in [-0.2, 0) is 4.79 Å². The highest BCUT2D eigenvalue weighted by molar-refractivity contribution is 5.85. The maximum absolute atomic E-state index is 11.0. The maximum atomic E-state index is 11.0. The molecule has 0 saturated carbocycles. The summed E-state index contributed by atoms with van der Waals surface area (Å²) in [6.07, 6.45) is 3.50. The van der Waals surface area contributed by atoms with E-state index in [-0.39, 0.29) is 18.4 Å². The summed E-state index contributed by atoms with van der Waals surface area (Å²) >= 11 is 0. The van der Waals surface area contributed by atoms with Crippen LogP contribution in [0.4, 0.5) is 0 Å². The molecule has 0 bridgehead atoms. The molecule has 108 valence electrons. The average molecular weight is 286 g/mol. The van der Waals surface area contributed by atoms with Crippen molar-refractivity contribution in [2.75, 3.05) is 14.1 Å². The third-order valence-electron chi connectivity index (χ3n) is 2.96. The van der Waals surface area contributed by atoms with Crippen molar-refractivity contribution in [1.82, 2.24) is 4.90 Å². The molecule has 19 heavy (non-hydrogen) atoms. The second-order valence-corrected chi connectivity index (χ2v) is 4.79. The van der Waals surface area contributed by atoms with Gasteiger partial charge in [0.05, 0.1) is 0 Å². The SMILES string of the molecule is CCCCC(c1cccc(OC(C)=O)c1)N(C)C.Cl. The van der Waals surface area contributed by atoms with Crippen LogP contribution in [-0.4, -0.2) is 25.0 Å². The number of hydrogen-bond acceptors (Lipinski definition) is 3. The van der Waals surface area contributed by atoms with Gasteiger partial charge in [-0.1, -0.05) is 31.9 Å². The van der Waals surface area contributed by atoms with Crippen LogP contribution < -0.4 is 4.74 Å². The first-order valence-electron chi connectivity index (χ1n) is 6.49. The van der Waals surface area contributed by atoms with Crippen LogP contribution >= 0.6 is 12.4 Å². The fraction of sp³-hybridized carbons (Fsp3) is 0.533. The minimum Gasteiger partial charge on any atom is -0.427 e. The fourth-order valence-corrected chi connectivity index (χ4v) is 2.07.